The summed E-state index contributed by atoms with van der Waals surface area (Å²) in [6.45, 7) is 7.33. The summed E-state index contributed by atoms with van der Waals surface area (Å²) in [5, 5.41) is 3.15. The first-order chi connectivity index (χ1) is 14.4. The van der Waals surface area contributed by atoms with E-state index in [0.717, 1.165) is 11.1 Å². The van der Waals surface area contributed by atoms with E-state index < -0.39 is 17.9 Å². The first-order valence-corrected chi connectivity index (χ1v) is 9.89. The van der Waals surface area contributed by atoms with Crippen molar-refractivity contribution in [1.29, 1.82) is 0 Å². The predicted octanol–water partition coefficient (Wildman–Crippen LogP) is 4.01. The summed E-state index contributed by atoms with van der Waals surface area (Å²) in [6, 6.07) is 13.1. The number of allylic oxidation sites excluding steroid dienone is 2. The lowest BCUT2D eigenvalue weighted by atomic mass is 9.81. The maximum absolute atomic E-state index is 13.1. The molecule has 0 radical (unpaired) electrons. The van der Waals surface area contributed by atoms with E-state index in [0.29, 0.717) is 22.5 Å². The third-order valence-electron chi connectivity index (χ3n) is 4.77. The number of carbonyl (C=O) groups is 2. The molecule has 30 heavy (non-hydrogen) atoms. The minimum atomic E-state index is -0.630. The van der Waals surface area contributed by atoms with Gasteiger partial charge >= 0.3 is 11.9 Å². The molecule has 1 unspecified atom stereocenters. The number of rotatable bonds is 6. The van der Waals surface area contributed by atoms with Crippen LogP contribution in [0.25, 0.3) is 0 Å². The Morgan fingerprint density at radius 2 is 1.67 bits per heavy atom. The molecule has 6 heteroatoms. The summed E-state index contributed by atoms with van der Waals surface area (Å²) in [5.74, 6) is -1.58. The van der Waals surface area contributed by atoms with Gasteiger partial charge in [-0.15, -0.1) is 0 Å². The van der Waals surface area contributed by atoms with E-state index in [1.165, 1.54) is 0 Å². The van der Waals surface area contributed by atoms with Crippen LogP contribution in [0.4, 0.5) is 0 Å². The van der Waals surface area contributed by atoms with Crippen molar-refractivity contribution in [3.05, 3.63) is 88.5 Å². The zero-order valence-corrected chi connectivity index (χ0v) is 17.6. The average Bonchev–Trinajstić information content (AvgIpc) is 2.72. The molecule has 0 saturated heterocycles. The minimum Gasteiger partial charge on any atom is -0.460 e. The Kier molecular flexibility index (Phi) is 6.67. The van der Waals surface area contributed by atoms with Gasteiger partial charge in [0.05, 0.1) is 23.2 Å². The molecule has 0 aliphatic carbocycles. The van der Waals surface area contributed by atoms with Gasteiger partial charge < -0.3 is 14.8 Å². The molecule has 0 amide bonds. The SMILES string of the molecule is CC1=C(C(=O)OCc2ccccc2)C(c2cccnc2)C(C(=O)OC(C)C)=C(C)N1. The van der Waals surface area contributed by atoms with E-state index in [2.05, 4.69) is 10.3 Å². The van der Waals surface area contributed by atoms with Gasteiger partial charge in [0.15, 0.2) is 0 Å². The lowest BCUT2D eigenvalue weighted by Gasteiger charge is -2.30. The van der Waals surface area contributed by atoms with Crippen LogP contribution in [0.5, 0.6) is 0 Å². The van der Waals surface area contributed by atoms with Gasteiger partial charge in [-0.2, -0.15) is 0 Å². The second kappa shape index (κ2) is 9.39. The van der Waals surface area contributed by atoms with E-state index in [1.807, 2.05) is 36.4 Å². The van der Waals surface area contributed by atoms with Crippen molar-refractivity contribution in [1.82, 2.24) is 10.3 Å². The van der Waals surface area contributed by atoms with Gasteiger partial charge in [-0.05, 0) is 44.9 Å². The van der Waals surface area contributed by atoms with Crippen LogP contribution in [0.15, 0.2) is 77.4 Å². The fraction of sp³-hybridized carbons (Fsp3) is 0.292. The Morgan fingerprint density at radius 1 is 1.00 bits per heavy atom. The van der Waals surface area contributed by atoms with Crippen molar-refractivity contribution in [3.63, 3.8) is 0 Å². The molecule has 0 fully saturated rings. The molecule has 1 aromatic heterocycles. The fourth-order valence-corrected chi connectivity index (χ4v) is 3.49. The topological polar surface area (TPSA) is 77.5 Å². The van der Waals surface area contributed by atoms with Crippen LogP contribution >= 0.6 is 0 Å². The molecule has 1 atom stereocenters. The lowest BCUT2D eigenvalue weighted by Crippen LogP contribution is -2.33. The van der Waals surface area contributed by atoms with Crippen LogP contribution in [0.3, 0.4) is 0 Å². The Morgan fingerprint density at radius 3 is 2.27 bits per heavy atom. The van der Waals surface area contributed by atoms with Crippen molar-refractivity contribution < 1.29 is 19.1 Å². The smallest absolute Gasteiger partial charge is 0.337 e. The molecular formula is C24H26N2O4. The standard InChI is InChI=1S/C24H26N2O4/c1-15(2)30-24(28)21-17(4)26-16(3)20(22(21)19-11-8-12-25-13-19)23(27)29-14-18-9-6-5-7-10-18/h5-13,15,22,26H,14H2,1-4H3. The maximum Gasteiger partial charge on any atom is 0.337 e. The van der Waals surface area contributed by atoms with Gasteiger partial charge in [-0.1, -0.05) is 36.4 Å². The van der Waals surface area contributed by atoms with Crippen molar-refractivity contribution in [2.24, 2.45) is 0 Å². The summed E-state index contributed by atoms with van der Waals surface area (Å²) in [5.41, 5.74) is 3.65. The van der Waals surface area contributed by atoms with Gasteiger partial charge in [-0.3, -0.25) is 4.98 Å². The van der Waals surface area contributed by atoms with Gasteiger partial charge in [0, 0.05) is 23.8 Å². The number of hydrogen-bond acceptors (Lipinski definition) is 6. The van der Waals surface area contributed by atoms with Gasteiger partial charge in [0.1, 0.15) is 6.61 Å². The maximum atomic E-state index is 13.1. The number of pyridine rings is 1. The van der Waals surface area contributed by atoms with Crippen molar-refractivity contribution in [2.75, 3.05) is 0 Å². The van der Waals surface area contributed by atoms with Crippen LogP contribution in [0.1, 0.15) is 44.7 Å². The third kappa shape index (κ3) is 4.76. The molecule has 0 spiro atoms. The number of ether oxygens (including phenoxy) is 2. The predicted molar refractivity (Wildman–Crippen MR) is 113 cm³/mol. The molecule has 6 nitrogen and oxygen atoms in total. The molecule has 2 heterocycles. The number of benzene rings is 1. The summed E-state index contributed by atoms with van der Waals surface area (Å²) < 4.78 is 11.1. The molecule has 1 aliphatic rings. The molecule has 0 bridgehead atoms. The molecule has 156 valence electrons. The van der Waals surface area contributed by atoms with E-state index in [1.54, 1.807) is 46.2 Å². The Labute approximate surface area is 176 Å². The number of aromatic nitrogens is 1. The van der Waals surface area contributed by atoms with Crippen molar-refractivity contribution >= 4 is 11.9 Å². The average molecular weight is 406 g/mol. The highest BCUT2D eigenvalue weighted by Crippen LogP contribution is 2.39. The molecule has 3 rings (SSSR count). The molecule has 0 saturated carbocycles. The summed E-state index contributed by atoms with van der Waals surface area (Å²) in [6.07, 6.45) is 3.02. The first kappa shape index (κ1) is 21.3. The van der Waals surface area contributed by atoms with E-state index in [-0.39, 0.29) is 12.7 Å². The van der Waals surface area contributed by atoms with Crippen molar-refractivity contribution in [2.45, 2.75) is 46.3 Å². The molecule has 1 aliphatic heterocycles. The highest BCUT2D eigenvalue weighted by atomic mass is 16.5. The van der Waals surface area contributed by atoms with Crippen LogP contribution in [0.2, 0.25) is 0 Å². The fourth-order valence-electron chi connectivity index (χ4n) is 3.49. The monoisotopic (exact) mass is 406 g/mol. The number of nitrogens with one attached hydrogen (secondary N) is 1. The molecule has 1 N–H and O–H groups in total. The minimum absolute atomic E-state index is 0.144. The summed E-state index contributed by atoms with van der Waals surface area (Å²) >= 11 is 0. The second-order valence-electron chi connectivity index (χ2n) is 7.44. The van der Waals surface area contributed by atoms with Crippen LogP contribution in [-0.4, -0.2) is 23.0 Å². The Bertz CT molecular complexity index is 979. The number of carbonyl (C=O) groups excluding carboxylic acids is 2. The number of nitrogens with zero attached hydrogens (tertiary/aromatic N) is 1. The quantitative estimate of drug-likeness (QED) is 0.731. The lowest BCUT2D eigenvalue weighted by molar-refractivity contribution is -0.143. The molecule has 2 aromatic rings. The van der Waals surface area contributed by atoms with E-state index >= 15 is 0 Å². The van der Waals surface area contributed by atoms with Gasteiger partial charge in [-0.25, -0.2) is 9.59 Å². The number of dihydropyridines is 1. The zero-order valence-electron chi connectivity index (χ0n) is 17.6. The highest BCUT2D eigenvalue weighted by Gasteiger charge is 2.38. The summed E-state index contributed by atoms with van der Waals surface area (Å²) in [7, 11) is 0. The second-order valence-corrected chi connectivity index (χ2v) is 7.44. The molecule has 1 aromatic carbocycles. The zero-order chi connectivity index (χ0) is 21.7. The number of esters is 2. The normalized spacial score (nSPS) is 16.4. The van der Waals surface area contributed by atoms with Gasteiger partial charge in [0.25, 0.3) is 0 Å². The first-order valence-electron chi connectivity index (χ1n) is 9.89. The highest BCUT2D eigenvalue weighted by molar-refractivity contribution is 5.99. The Balaban J connectivity index is 1.98. The van der Waals surface area contributed by atoms with E-state index in [4.69, 9.17) is 9.47 Å². The number of hydrogen-bond donors (Lipinski definition) is 1. The van der Waals surface area contributed by atoms with Gasteiger partial charge in [0.2, 0.25) is 0 Å². The van der Waals surface area contributed by atoms with E-state index in [9.17, 15) is 9.59 Å². The van der Waals surface area contributed by atoms with Crippen LogP contribution in [-0.2, 0) is 25.7 Å². The van der Waals surface area contributed by atoms with Crippen LogP contribution < -0.4 is 5.32 Å². The summed E-state index contributed by atoms with van der Waals surface area (Å²) in [4.78, 5) is 30.3. The van der Waals surface area contributed by atoms with Crippen LogP contribution in [0, 0.1) is 0 Å². The molecular weight excluding hydrogens is 380 g/mol. The third-order valence-corrected chi connectivity index (χ3v) is 4.77. The largest absolute Gasteiger partial charge is 0.460 e. The van der Waals surface area contributed by atoms with Crippen molar-refractivity contribution in [3.8, 4) is 0 Å². The Hall–Kier alpha value is -3.41.